The van der Waals surface area contributed by atoms with Crippen LogP contribution in [0.3, 0.4) is 0 Å². The van der Waals surface area contributed by atoms with Crippen molar-refractivity contribution in [3.05, 3.63) is 35.5 Å². The Morgan fingerprint density at radius 3 is 3.09 bits per heavy atom. The average Bonchev–Trinajstić information content (AvgIpc) is 2.84. The van der Waals surface area contributed by atoms with Crippen LogP contribution in [0.2, 0.25) is 0 Å². The number of pyridine rings is 1. The van der Waals surface area contributed by atoms with E-state index in [9.17, 15) is 9.18 Å². The second-order valence-electron chi connectivity index (χ2n) is 5.90. The second kappa shape index (κ2) is 6.04. The number of likely N-dealkylation sites (tertiary alicyclic amines) is 1. The van der Waals surface area contributed by atoms with E-state index in [2.05, 4.69) is 4.98 Å². The van der Waals surface area contributed by atoms with Gasteiger partial charge in [0.25, 0.3) is 5.91 Å². The molecule has 3 rings (SSSR count). The molecule has 1 unspecified atom stereocenters. The average molecular weight is 305 g/mol. The molecule has 1 amide bonds. The molecule has 0 aromatic carbocycles. The van der Waals surface area contributed by atoms with Crippen LogP contribution >= 0.6 is 0 Å². The minimum absolute atomic E-state index is 0.0938. The van der Waals surface area contributed by atoms with Crippen LogP contribution in [0.15, 0.2) is 18.3 Å². The maximum absolute atomic E-state index is 14.5. The molecule has 2 aromatic heterocycles. The summed E-state index contributed by atoms with van der Waals surface area (Å²) < 4.78 is 21.0. The molecule has 0 N–H and O–H groups in total. The van der Waals surface area contributed by atoms with E-state index in [1.807, 2.05) is 13.0 Å². The first kappa shape index (κ1) is 15.0. The zero-order valence-corrected chi connectivity index (χ0v) is 12.9. The molecule has 1 aliphatic heterocycles. The number of carbonyl (C=O) groups is 1. The molecule has 0 radical (unpaired) electrons. The third-order valence-electron chi connectivity index (χ3n) is 4.12. The van der Waals surface area contributed by atoms with Crippen LogP contribution in [0.1, 0.15) is 28.9 Å². The molecule has 1 fully saturated rings. The number of imidazole rings is 1. The lowest BCUT2D eigenvalue weighted by Crippen LogP contribution is -2.41. The summed E-state index contributed by atoms with van der Waals surface area (Å²) in [4.78, 5) is 18.4. The van der Waals surface area contributed by atoms with E-state index in [0.717, 1.165) is 18.4 Å². The Morgan fingerprint density at radius 2 is 2.32 bits per heavy atom. The molecule has 6 heteroatoms. The van der Waals surface area contributed by atoms with Crippen LogP contribution in [0, 0.1) is 18.8 Å². The molecule has 0 aliphatic carbocycles. The van der Waals surface area contributed by atoms with Crippen molar-refractivity contribution in [1.82, 2.24) is 14.3 Å². The Bertz CT molecular complexity index is 696. The van der Waals surface area contributed by atoms with Crippen molar-refractivity contribution in [3.63, 3.8) is 0 Å². The lowest BCUT2D eigenvalue weighted by molar-refractivity contribution is 0.0561. The monoisotopic (exact) mass is 305 g/mol. The third-order valence-corrected chi connectivity index (χ3v) is 4.12. The standard InChI is InChI=1S/C16H20FN3O2/c1-11-5-6-13-18-14(15(17)20(13)8-11)16(21)19-7-3-4-12(9-19)10-22-2/h5-6,8,12H,3-4,7,9-10H2,1-2H3. The van der Waals surface area contributed by atoms with E-state index in [-0.39, 0.29) is 11.6 Å². The SMILES string of the molecule is COCC1CCCN(C(=O)c2nc3ccc(C)cn3c2F)C1. The largest absolute Gasteiger partial charge is 0.384 e. The summed E-state index contributed by atoms with van der Waals surface area (Å²) in [6.45, 7) is 3.74. The predicted molar refractivity (Wildman–Crippen MR) is 80.4 cm³/mol. The fourth-order valence-corrected chi connectivity index (χ4v) is 3.03. The number of aryl methyl sites for hydroxylation is 1. The molecule has 0 saturated carbocycles. The van der Waals surface area contributed by atoms with Gasteiger partial charge in [-0.2, -0.15) is 4.39 Å². The van der Waals surface area contributed by atoms with E-state index in [1.165, 1.54) is 4.40 Å². The molecule has 1 atom stereocenters. The first-order valence-electron chi connectivity index (χ1n) is 7.52. The number of aromatic nitrogens is 2. The quantitative estimate of drug-likeness (QED) is 0.874. The van der Waals surface area contributed by atoms with Crippen molar-refractivity contribution in [2.75, 3.05) is 26.8 Å². The Morgan fingerprint density at radius 1 is 1.50 bits per heavy atom. The molecule has 3 heterocycles. The number of halogens is 1. The number of rotatable bonds is 3. The Labute approximate surface area is 128 Å². The van der Waals surface area contributed by atoms with Crippen LogP contribution in [-0.4, -0.2) is 47.0 Å². The summed E-state index contributed by atoms with van der Waals surface area (Å²) in [5.41, 5.74) is 1.28. The van der Waals surface area contributed by atoms with E-state index in [0.29, 0.717) is 31.3 Å². The van der Waals surface area contributed by atoms with Gasteiger partial charge in [0.2, 0.25) is 5.95 Å². The normalized spacial score (nSPS) is 18.9. The van der Waals surface area contributed by atoms with Crippen molar-refractivity contribution in [2.24, 2.45) is 5.92 Å². The van der Waals surface area contributed by atoms with Crippen LogP contribution in [0.25, 0.3) is 5.65 Å². The number of fused-ring (bicyclic) bond motifs is 1. The Balaban J connectivity index is 1.87. The summed E-state index contributed by atoms with van der Waals surface area (Å²) in [7, 11) is 1.66. The van der Waals surface area contributed by atoms with E-state index in [4.69, 9.17) is 4.74 Å². The van der Waals surface area contributed by atoms with E-state index < -0.39 is 5.95 Å². The number of hydrogen-bond acceptors (Lipinski definition) is 3. The van der Waals surface area contributed by atoms with Gasteiger partial charge in [0.1, 0.15) is 5.65 Å². The minimum atomic E-state index is -0.586. The molecule has 118 valence electrons. The van der Waals surface area contributed by atoms with Gasteiger partial charge in [0, 0.05) is 26.4 Å². The molecular weight excluding hydrogens is 285 g/mol. The van der Waals surface area contributed by atoms with Gasteiger partial charge >= 0.3 is 0 Å². The summed E-state index contributed by atoms with van der Waals surface area (Å²) in [5, 5.41) is 0. The Kier molecular flexibility index (Phi) is 4.11. The van der Waals surface area contributed by atoms with E-state index in [1.54, 1.807) is 24.3 Å². The maximum atomic E-state index is 14.5. The van der Waals surface area contributed by atoms with E-state index >= 15 is 0 Å². The van der Waals surface area contributed by atoms with Crippen LogP contribution in [-0.2, 0) is 4.74 Å². The molecule has 0 bridgehead atoms. The zero-order valence-electron chi connectivity index (χ0n) is 12.9. The van der Waals surface area contributed by atoms with Gasteiger partial charge in [-0.1, -0.05) is 6.07 Å². The first-order chi connectivity index (χ1) is 10.6. The highest BCUT2D eigenvalue weighted by Crippen LogP contribution is 2.20. The molecular formula is C16H20FN3O2. The summed E-state index contributed by atoms with van der Waals surface area (Å²) in [6.07, 6.45) is 3.59. The lowest BCUT2D eigenvalue weighted by Gasteiger charge is -2.31. The van der Waals surface area contributed by atoms with Gasteiger partial charge in [-0.15, -0.1) is 0 Å². The number of amides is 1. The topological polar surface area (TPSA) is 46.8 Å². The van der Waals surface area contributed by atoms with Crippen LogP contribution < -0.4 is 0 Å². The highest BCUT2D eigenvalue weighted by atomic mass is 19.1. The highest BCUT2D eigenvalue weighted by molar-refractivity contribution is 5.93. The van der Waals surface area contributed by atoms with Crippen LogP contribution in [0.4, 0.5) is 4.39 Å². The van der Waals surface area contributed by atoms with Gasteiger partial charge in [-0.05, 0) is 37.3 Å². The highest BCUT2D eigenvalue weighted by Gasteiger charge is 2.28. The van der Waals surface area contributed by atoms with Crippen molar-refractivity contribution in [1.29, 1.82) is 0 Å². The van der Waals surface area contributed by atoms with Gasteiger partial charge in [-0.25, -0.2) is 4.98 Å². The van der Waals surface area contributed by atoms with Crippen molar-refractivity contribution >= 4 is 11.6 Å². The van der Waals surface area contributed by atoms with Crippen molar-refractivity contribution in [3.8, 4) is 0 Å². The summed E-state index contributed by atoms with van der Waals surface area (Å²) in [5.74, 6) is -0.609. The molecule has 1 aliphatic rings. The van der Waals surface area contributed by atoms with Gasteiger partial charge in [-0.3, -0.25) is 9.20 Å². The van der Waals surface area contributed by atoms with Crippen LogP contribution in [0.5, 0.6) is 0 Å². The second-order valence-corrected chi connectivity index (χ2v) is 5.90. The zero-order chi connectivity index (χ0) is 15.7. The number of hydrogen-bond donors (Lipinski definition) is 0. The summed E-state index contributed by atoms with van der Waals surface area (Å²) in [6, 6.07) is 3.57. The van der Waals surface area contributed by atoms with Crippen molar-refractivity contribution in [2.45, 2.75) is 19.8 Å². The number of piperidine rings is 1. The summed E-state index contributed by atoms with van der Waals surface area (Å²) >= 11 is 0. The van der Waals surface area contributed by atoms with Crippen molar-refractivity contribution < 1.29 is 13.9 Å². The number of carbonyl (C=O) groups excluding carboxylic acids is 1. The number of methoxy groups -OCH3 is 1. The number of ether oxygens (including phenoxy) is 1. The molecule has 22 heavy (non-hydrogen) atoms. The molecule has 2 aromatic rings. The van der Waals surface area contributed by atoms with Gasteiger partial charge in [0.15, 0.2) is 5.69 Å². The van der Waals surface area contributed by atoms with Gasteiger partial charge < -0.3 is 9.64 Å². The molecule has 1 saturated heterocycles. The third kappa shape index (κ3) is 2.70. The predicted octanol–water partition coefficient (Wildman–Crippen LogP) is 2.28. The lowest BCUT2D eigenvalue weighted by atomic mass is 9.99. The molecule has 0 spiro atoms. The first-order valence-corrected chi connectivity index (χ1v) is 7.52. The number of nitrogens with zero attached hydrogens (tertiary/aromatic N) is 3. The fourth-order valence-electron chi connectivity index (χ4n) is 3.03. The Hall–Kier alpha value is -1.95. The van der Waals surface area contributed by atoms with Gasteiger partial charge in [0.05, 0.1) is 6.61 Å². The smallest absolute Gasteiger partial charge is 0.277 e. The minimum Gasteiger partial charge on any atom is -0.384 e. The molecule has 5 nitrogen and oxygen atoms in total. The fraction of sp³-hybridized carbons (Fsp3) is 0.500. The maximum Gasteiger partial charge on any atom is 0.277 e.